The third-order valence-electron chi connectivity index (χ3n) is 4.93. The second-order valence-electron chi connectivity index (χ2n) is 6.73. The summed E-state index contributed by atoms with van der Waals surface area (Å²) in [5, 5.41) is 4.78. The highest BCUT2D eigenvalue weighted by molar-refractivity contribution is 14.0. The minimum Gasteiger partial charge on any atom is -0.472 e. The fraction of sp³-hybridized carbons (Fsp3) is 0.333. The van der Waals surface area contributed by atoms with Crippen LogP contribution in [-0.4, -0.2) is 53.6 Å². The van der Waals surface area contributed by atoms with E-state index in [4.69, 9.17) is 4.74 Å². The van der Waals surface area contributed by atoms with Crippen LogP contribution in [0, 0.1) is 0 Å². The van der Waals surface area contributed by atoms with Gasteiger partial charge in [-0.15, -0.1) is 24.0 Å². The van der Waals surface area contributed by atoms with Crippen molar-refractivity contribution in [1.29, 1.82) is 0 Å². The number of nitrogens with one attached hydrogen (secondary N) is 2. The van der Waals surface area contributed by atoms with Crippen molar-refractivity contribution in [3.05, 3.63) is 60.4 Å². The molecule has 1 atom stereocenters. The Balaban J connectivity index is 0.00000225. The third-order valence-corrected chi connectivity index (χ3v) is 4.93. The standard InChI is InChI=1S/C21H25N5O.HI/c1-22-21(24-12-9-16-14-25-19-7-3-2-6-18(16)19)26-13-10-17(15-26)27-20-8-4-5-11-23-20;/h2-8,11,14,17,25H,9-10,12-13,15H2,1H3,(H,22,24);1H. The predicted molar refractivity (Wildman–Crippen MR) is 124 cm³/mol. The number of H-pyrrole nitrogens is 1. The summed E-state index contributed by atoms with van der Waals surface area (Å²) >= 11 is 0. The molecule has 1 aliphatic heterocycles. The Morgan fingerprint density at radius 3 is 2.96 bits per heavy atom. The number of rotatable bonds is 5. The van der Waals surface area contributed by atoms with E-state index >= 15 is 0 Å². The molecular weight excluding hydrogens is 465 g/mol. The SMILES string of the molecule is CN=C(NCCc1c[nH]c2ccccc12)N1CCC(Oc2ccccn2)C1.I. The number of hydrogen-bond donors (Lipinski definition) is 2. The number of nitrogens with zero attached hydrogens (tertiary/aromatic N) is 3. The number of aromatic amines is 1. The van der Waals surface area contributed by atoms with E-state index in [9.17, 15) is 0 Å². The smallest absolute Gasteiger partial charge is 0.213 e. The molecule has 3 heterocycles. The molecule has 7 heteroatoms. The number of halogens is 1. The first-order valence-electron chi connectivity index (χ1n) is 9.42. The van der Waals surface area contributed by atoms with Gasteiger partial charge in [0.1, 0.15) is 6.10 Å². The summed E-state index contributed by atoms with van der Waals surface area (Å²) in [4.78, 5) is 14.3. The lowest BCUT2D eigenvalue weighted by atomic mass is 10.1. The summed E-state index contributed by atoms with van der Waals surface area (Å²) in [5.74, 6) is 1.62. The average Bonchev–Trinajstić information content (AvgIpc) is 3.33. The molecule has 0 bridgehead atoms. The van der Waals surface area contributed by atoms with Crippen molar-refractivity contribution in [2.75, 3.05) is 26.7 Å². The summed E-state index contributed by atoms with van der Waals surface area (Å²) in [6.07, 6.45) is 5.92. The molecule has 0 radical (unpaired) electrons. The van der Waals surface area contributed by atoms with Crippen molar-refractivity contribution < 1.29 is 4.74 Å². The second kappa shape index (κ2) is 9.77. The van der Waals surface area contributed by atoms with Gasteiger partial charge in [0.2, 0.25) is 5.88 Å². The van der Waals surface area contributed by atoms with Crippen LogP contribution in [0.3, 0.4) is 0 Å². The van der Waals surface area contributed by atoms with Gasteiger partial charge in [0.05, 0.1) is 6.54 Å². The van der Waals surface area contributed by atoms with E-state index in [-0.39, 0.29) is 30.1 Å². The van der Waals surface area contributed by atoms with Crippen LogP contribution < -0.4 is 10.1 Å². The molecule has 1 aromatic carbocycles. The lowest BCUT2D eigenvalue weighted by molar-refractivity contribution is 0.205. The van der Waals surface area contributed by atoms with Crippen LogP contribution in [-0.2, 0) is 6.42 Å². The number of ether oxygens (including phenoxy) is 1. The van der Waals surface area contributed by atoms with Gasteiger partial charge in [0.25, 0.3) is 0 Å². The van der Waals surface area contributed by atoms with Crippen molar-refractivity contribution in [3.8, 4) is 5.88 Å². The van der Waals surface area contributed by atoms with Crippen LogP contribution in [0.15, 0.2) is 59.9 Å². The van der Waals surface area contributed by atoms with Crippen molar-refractivity contribution in [3.63, 3.8) is 0 Å². The summed E-state index contributed by atoms with van der Waals surface area (Å²) in [5.41, 5.74) is 2.51. The van der Waals surface area contributed by atoms with Crippen LogP contribution in [0.1, 0.15) is 12.0 Å². The number of aliphatic imine (C=N–C) groups is 1. The largest absolute Gasteiger partial charge is 0.472 e. The molecule has 148 valence electrons. The first-order valence-corrected chi connectivity index (χ1v) is 9.42. The zero-order valence-corrected chi connectivity index (χ0v) is 18.3. The topological polar surface area (TPSA) is 65.5 Å². The molecule has 4 rings (SSSR count). The molecule has 6 nitrogen and oxygen atoms in total. The Morgan fingerprint density at radius 1 is 1.29 bits per heavy atom. The maximum absolute atomic E-state index is 5.97. The molecule has 3 aromatic rings. The van der Waals surface area contributed by atoms with E-state index in [1.807, 2.05) is 25.2 Å². The predicted octanol–water partition coefficient (Wildman–Crippen LogP) is 3.45. The molecule has 1 unspecified atom stereocenters. The number of guanidine groups is 1. The molecule has 0 aliphatic carbocycles. The van der Waals surface area contributed by atoms with Crippen LogP contribution in [0.5, 0.6) is 5.88 Å². The van der Waals surface area contributed by atoms with Crippen LogP contribution >= 0.6 is 24.0 Å². The van der Waals surface area contributed by atoms with Crippen LogP contribution in [0.4, 0.5) is 0 Å². The summed E-state index contributed by atoms with van der Waals surface area (Å²) in [6.45, 7) is 2.60. The van der Waals surface area contributed by atoms with Crippen molar-refractivity contribution in [2.24, 2.45) is 4.99 Å². The Hall–Kier alpha value is -2.29. The lowest BCUT2D eigenvalue weighted by Crippen LogP contribution is -2.41. The van der Waals surface area contributed by atoms with Gasteiger partial charge in [-0.25, -0.2) is 4.98 Å². The molecule has 2 N–H and O–H groups in total. The highest BCUT2D eigenvalue weighted by atomic mass is 127. The maximum Gasteiger partial charge on any atom is 0.213 e. The summed E-state index contributed by atoms with van der Waals surface area (Å²) < 4.78 is 5.97. The van der Waals surface area contributed by atoms with E-state index in [1.165, 1.54) is 16.5 Å². The van der Waals surface area contributed by atoms with Gasteiger partial charge >= 0.3 is 0 Å². The fourth-order valence-corrected chi connectivity index (χ4v) is 3.58. The minimum absolute atomic E-state index is 0. The number of likely N-dealkylation sites (tertiary alicyclic amines) is 1. The summed E-state index contributed by atoms with van der Waals surface area (Å²) in [7, 11) is 1.83. The Bertz CT molecular complexity index is 911. The van der Waals surface area contributed by atoms with E-state index < -0.39 is 0 Å². The van der Waals surface area contributed by atoms with E-state index in [0.717, 1.165) is 38.4 Å². The van der Waals surface area contributed by atoms with Gasteiger partial charge in [-0.05, 0) is 24.1 Å². The van der Waals surface area contributed by atoms with Crippen molar-refractivity contribution in [1.82, 2.24) is 20.2 Å². The first-order chi connectivity index (χ1) is 13.3. The normalized spacial score (nSPS) is 16.8. The number of aromatic nitrogens is 2. The number of fused-ring (bicyclic) bond motifs is 1. The molecule has 28 heavy (non-hydrogen) atoms. The van der Waals surface area contributed by atoms with Crippen LogP contribution in [0.25, 0.3) is 10.9 Å². The maximum atomic E-state index is 5.97. The Labute approximate surface area is 182 Å². The first kappa shape index (κ1) is 20.4. The lowest BCUT2D eigenvalue weighted by Gasteiger charge is -2.21. The van der Waals surface area contributed by atoms with Gasteiger partial charge < -0.3 is 19.9 Å². The molecule has 1 aliphatic rings. The van der Waals surface area contributed by atoms with E-state index in [2.05, 4.69) is 55.6 Å². The zero-order valence-electron chi connectivity index (χ0n) is 16.0. The monoisotopic (exact) mass is 491 g/mol. The molecule has 0 spiro atoms. The van der Waals surface area contributed by atoms with Crippen LogP contribution in [0.2, 0.25) is 0 Å². The Morgan fingerprint density at radius 2 is 2.14 bits per heavy atom. The van der Waals surface area contributed by atoms with Gasteiger partial charge in [-0.1, -0.05) is 24.3 Å². The highest BCUT2D eigenvalue weighted by Gasteiger charge is 2.26. The van der Waals surface area contributed by atoms with Gasteiger partial charge in [0.15, 0.2) is 5.96 Å². The molecule has 2 aromatic heterocycles. The van der Waals surface area contributed by atoms with E-state index in [1.54, 1.807) is 6.20 Å². The highest BCUT2D eigenvalue weighted by Crippen LogP contribution is 2.18. The Kier molecular flexibility index (Phi) is 7.13. The number of benzene rings is 1. The minimum atomic E-state index is 0. The van der Waals surface area contributed by atoms with Gasteiger partial charge in [0, 0.05) is 55.9 Å². The van der Waals surface area contributed by atoms with Crippen molar-refractivity contribution >= 4 is 40.8 Å². The fourth-order valence-electron chi connectivity index (χ4n) is 3.58. The number of hydrogen-bond acceptors (Lipinski definition) is 3. The number of pyridine rings is 1. The zero-order chi connectivity index (χ0) is 18.5. The summed E-state index contributed by atoms with van der Waals surface area (Å²) in [6, 6.07) is 14.1. The quantitative estimate of drug-likeness (QED) is 0.326. The van der Waals surface area contributed by atoms with E-state index in [0.29, 0.717) is 5.88 Å². The van der Waals surface area contributed by atoms with Gasteiger partial charge in [-0.2, -0.15) is 0 Å². The molecule has 1 fully saturated rings. The second-order valence-corrected chi connectivity index (χ2v) is 6.73. The van der Waals surface area contributed by atoms with Gasteiger partial charge in [-0.3, -0.25) is 4.99 Å². The van der Waals surface area contributed by atoms with Crippen molar-refractivity contribution in [2.45, 2.75) is 18.9 Å². The average molecular weight is 491 g/mol. The molecule has 0 amide bonds. The molecule has 0 saturated carbocycles. The molecule has 1 saturated heterocycles. The molecular formula is C21H26IN5O. The third kappa shape index (κ3) is 4.76. The number of para-hydroxylation sites is 1.